The van der Waals surface area contributed by atoms with Gasteiger partial charge in [0.15, 0.2) is 0 Å². The number of amides is 1. The predicted octanol–water partition coefficient (Wildman–Crippen LogP) is 2.41. The quantitative estimate of drug-likeness (QED) is 0.925. The Balaban J connectivity index is 1.97. The summed E-state index contributed by atoms with van der Waals surface area (Å²) in [4.78, 5) is 25.5. The molecule has 1 fully saturated rings. The number of carbonyl (C=O) groups is 2. The summed E-state index contributed by atoms with van der Waals surface area (Å²) in [5, 5.41) is 8.81. The summed E-state index contributed by atoms with van der Waals surface area (Å²) >= 11 is 7.21. The fraction of sp³-hybridized carbons (Fsp3) is 0.500. The fourth-order valence-corrected chi connectivity index (χ4v) is 3.35. The van der Waals surface area contributed by atoms with E-state index in [2.05, 4.69) is 0 Å². The first-order chi connectivity index (χ1) is 8.56. The first kappa shape index (κ1) is 13.4. The molecule has 0 saturated carbocycles. The number of likely N-dealkylation sites (tertiary alicyclic amines) is 1. The lowest BCUT2D eigenvalue weighted by atomic mass is 10.1. The van der Waals surface area contributed by atoms with Crippen molar-refractivity contribution in [1.82, 2.24) is 4.90 Å². The number of carboxylic acid groups (broad SMARTS) is 1. The maximum atomic E-state index is 12.1. The van der Waals surface area contributed by atoms with Gasteiger partial charge in [0.1, 0.15) is 0 Å². The van der Waals surface area contributed by atoms with E-state index < -0.39 is 5.97 Å². The molecule has 0 radical (unpaired) electrons. The van der Waals surface area contributed by atoms with Gasteiger partial charge < -0.3 is 10.0 Å². The van der Waals surface area contributed by atoms with E-state index in [-0.39, 0.29) is 18.4 Å². The zero-order valence-electron chi connectivity index (χ0n) is 9.76. The number of thiophene rings is 1. The SMILES string of the molecule is O=C(O)CC1CCCN1C(=O)Cc1ccc(Cl)s1. The van der Waals surface area contributed by atoms with Crippen LogP contribution in [-0.2, 0) is 16.0 Å². The Bertz CT molecular complexity index is 460. The second-order valence-corrected chi connectivity index (χ2v) is 6.16. The Morgan fingerprint density at radius 3 is 2.89 bits per heavy atom. The highest BCUT2D eigenvalue weighted by Gasteiger charge is 2.30. The number of rotatable bonds is 4. The van der Waals surface area contributed by atoms with E-state index >= 15 is 0 Å². The smallest absolute Gasteiger partial charge is 0.305 e. The number of carboxylic acids is 1. The molecule has 1 atom stereocenters. The molecule has 1 saturated heterocycles. The van der Waals surface area contributed by atoms with Gasteiger partial charge in [-0.05, 0) is 25.0 Å². The van der Waals surface area contributed by atoms with E-state index in [9.17, 15) is 9.59 Å². The van der Waals surface area contributed by atoms with Crippen LogP contribution in [0.4, 0.5) is 0 Å². The number of halogens is 1. The molecule has 4 nitrogen and oxygen atoms in total. The minimum atomic E-state index is -0.848. The number of hydrogen-bond donors (Lipinski definition) is 1. The monoisotopic (exact) mass is 287 g/mol. The van der Waals surface area contributed by atoms with E-state index in [1.165, 1.54) is 11.3 Å². The van der Waals surface area contributed by atoms with Crippen molar-refractivity contribution in [2.75, 3.05) is 6.54 Å². The molecule has 18 heavy (non-hydrogen) atoms. The highest BCUT2D eigenvalue weighted by atomic mass is 35.5. The average Bonchev–Trinajstić information content (AvgIpc) is 2.87. The van der Waals surface area contributed by atoms with Crippen LogP contribution in [0, 0.1) is 0 Å². The third-order valence-electron chi connectivity index (χ3n) is 3.06. The lowest BCUT2D eigenvalue weighted by Gasteiger charge is -2.23. The Kier molecular flexibility index (Phi) is 4.24. The molecule has 0 bridgehead atoms. The van der Waals surface area contributed by atoms with Crippen molar-refractivity contribution < 1.29 is 14.7 Å². The van der Waals surface area contributed by atoms with Gasteiger partial charge in [0.2, 0.25) is 5.91 Å². The van der Waals surface area contributed by atoms with Crippen molar-refractivity contribution in [3.05, 3.63) is 21.3 Å². The van der Waals surface area contributed by atoms with Gasteiger partial charge in [0, 0.05) is 17.5 Å². The molecule has 1 unspecified atom stereocenters. The van der Waals surface area contributed by atoms with E-state index in [4.69, 9.17) is 16.7 Å². The molecule has 1 aromatic rings. The molecule has 1 amide bonds. The lowest BCUT2D eigenvalue weighted by molar-refractivity contribution is -0.139. The molecule has 1 N–H and O–H groups in total. The first-order valence-electron chi connectivity index (χ1n) is 5.81. The van der Waals surface area contributed by atoms with E-state index in [1.54, 1.807) is 11.0 Å². The summed E-state index contributed by atoms with van der Waals surface area (Å²) in [5.41, 5.74) is 0. The molecule has 0 spiro atoms. The molecule has 2 rings (SSSR count). The van der Waals surface area contributed by atoms with Crippen molar-refractivity contribution in [3.63, 3.8) is 0 Å². The minimum Gasteiger partial charge on any atom is -0.481 e. The number of nitrogens with zero attached hydrogens (tertiary/aromatic N) is 1. The van der Waals surface area contributed by atoms with Crippen LogP contribution in [0.15, 0.2) is 12.1 Å². The zero-order chi connectivity index (χ0) is 13.1. The summed E-state index contributed by atoms with van der Waals surface area (Å²) < 4.78 is 0.668. The summed E-state index contributed by atoms with van der Waals surface area (Å²) in [6.07, 6.45) is 2.02. The van der Waals surface area contributed by atoms with E-state index in [0.717, 1.165) is 17.7 Å². The van der Waals surface area contributed by atoms with Gasteiger partial charge in [-0.1, -0.05) is 11.6 Å². The molecule has 1 aliphatic rings. The van der Waals surface area contributed by atoms with Crippen molar-refractivity contribution in [1.29, 1.82) is 0 Å². The van der Waals surface area contributed by atoms with Crippen LogP contribution in [-0.4, -0.2) is 34.5 Å². The van der Waals surface area contributed by atoms with Crippen LogP contribution in [0.3, 0.4) is 0 Å². The third kappa shape index (κ3) is 3.23. The maximum Gasteiger partial charge on any atom is 0.305 e. The number of aliphatic carboxylic acids is 1. The maximum absolute atomic E-state index is 12.1. The van der Waals surface area contributed by atoms with Crippen molar-refractivity contribution in [2.24, 2.45) is 0 Å². The van der Waals surface area contributed by atoms with Crippen LogP contribution in [0.25, 0.3) is 0 Å². The molecule has 1 aliphatic heterocycles. The topological polar surface area (TPSA) is 57.6 Å². The van der Waals surface area contributed by atoms with Gasteiger partial charge in [0.25, 0.3) is 0 Å². The van der Waals surface area contributed by atoms with Gasteiger partial charge in [-0.3, -0.25) is 9.59 Å². The van der Waals surface area contributed by atoms with Crippen LogP contribution in [0.2, 0.25) is 4.34 Å². The second-order valence-electron chi connectivity index (χ2n) is 4.36. The van der Waals surface area contributed by atoms with Crippen LogP contribution in [0.5, 0.6) is 0 Å². The van der Waals surface area contributed by atoms with Crippen LogP contribution < -0.4 is 0 Å². The molecular formula is C12H14ClNO3S. The molecule has 6 heteroatoms. The van der Waals surface area contributed by atoms with Gasteiger partial charge >= 0.3 is 5.97 Å². The predicted molar refractivity (Wildman–Crippen MR) is 70.0 cm³/mol. The second kappa shape index (κ2) is 5.71. The molecule has 0 aromatic carbocycles. The third-order valence-corrected chi connectivity index (χ3v) is 4.29. The first-order valence-corrected chi connectivity index (χ1v) is 7.01. The Morgan fingerprint density at radius 2 is 2.28 bits per heavy atom. The molecular weight excluding hydrogens is 274 g/mol. The van der Waals surface area contributed by atoms with Crippen LogP contribution >= 0.6 is 22.9 Å². The normalized spacial score (nSPS) is 19.2. The Labute approximate surface area is 114 Å². The van der Waals surface area contributed by atoms with Gasteiger partial charge in [-0.25, -0.2) is 0 Å². The van der Waals surface area contributed by atoms with Crippen LogP contribution in [0.1, 0.15) is 24.1 Å². The minimum absolute atomic E-state index is 0.00253. The average molecular weight is 288 g/mol. The van der Waals surface area contributed by atoms with Crippen molar-refractivity contribution in [3.8, 4) is 0 Å². The summed E-state index contributed by atoms with van der Waals surface area (Å²) in [5.74, 6) is -0.851. The highest BCUT2D eigenvalue weighted by molar-refractivity contribution is 7.16. The Hall–Kier alpha value is -1.07. The van der Waals surface area contributed by atoms with Gasteiger partial charge in [0.05, 0.1) is 17.2 Å². The van der Waals surface area contributed by atoms with Crippen molar-refractivity contribution in [2.45, 2.75) is 31.7 Å². The standard InChI is InChI=1S/C12H14ClNO3S/c13-10-4-3-9(18-10)7-11(15)14-5-1-2-8(14)6-12(16)17/h3-4,8H,1-2,5-7H2,(H,16,17). The molecule has 0 aliphatic carbocycles. The molecule has 98 valence electrons. The van der Waals surface area contributed by atoms with E-state index in [1.807, 2.05) is 6.07 Å². The zero-order valence-corrected chi connectivity index (χ0v) is 11.3. The largest absolute Gasteiger partial charge is 0.481 e. The highest BCUT2D eigenvalue weighted by Crippen LogP contribution is 2.25. The van der Waals surface area contributed by atoms with Crippen molar-refractivity contribution >= 4 is 34.8 Å². The fourth-order valence-electron chi connectivity index (χ4n) is 2.28. The van der Waals surface area contributed by atoms with E-state index in [0.29, 0.717) is 17.3 Å². The van der Waals surface area contributed by atoms with Gasteiger partial charge in [-0.15, -0.1) is 11.3 Å². The van der Waals surface area contributed by atoms with Gasteiger partial charge in [-0.2, -0.15) is 0 Å². The molecule has 1 aromatic heterocycles. The lowest BCUT2D eigenvalue weighted by Crippen LogP contribution is -2.37. The summed E-state index contributed by atoms with van der Waals surface area (Å²) in [7, 11) is 0. The summed E-state index contributed by atoms with van der Waals surface area (Å²) in [6.45, 7) is 0.663. The summed E-state index contributed by atoms with van der Waals surface area (Å²) in [6, 6.07) is 3.46. The number of hydrogen-bond acceptors (Lipinski definition) is 3. The number of carbonyl (C=O) groups excluding carboxylic acids is 1. The molecule has 2 heterocycles. The Morgan fingerprint density at radius 1 is 1.50 bits per heavy atom.